The summed E-state index contributed by atoms with van der Waals surface area (Å²) in [5.41, 5.74) is 0. The zero-order valence-electron chi connectivity index (χ0n) is 2.82. The molecule has 0 saturated heterocycles. The molecule has 0 aromatic heterocycles. The van der Waals surface area contributed by atoms with E-state index in [1.54, 1.807) is 0 Å². The number of halogens is 2. The molecule has 0 aliphatic rings. The van der Waals surface area contributed by atoms with E-state index in [1.807, 2.05) is 0 Å². The van der Waals surface area contributed by atoms with Gasteiger partial charge in [-0.1, -0.05) is 0 Å². The molecule has 0 atom stereocenters. The van der Waals surface area contributed by atoms with Crippen molar-refractivity contribution in [1.82, 2.24) is 0 Å². The molecule has 0 heterocycles. The van der Waals surface area contributed by atoms with Crippen molar-refractivity contribution >= 4 is 14.9 Å². The van der Waals surface area contributed by atoms with Crippen LogP contribution in [0.2, 0.25) is 0 Å². The van der Waals surface area contributed by atoms with Crippen molar-refractivity contribution in [3.63, 3.8) is 0 Å². The zero-order valence-corrected chi connectivity index (χ0v) is 5.73. The van der Waals surface area contributed by atoms with Gasteiger partial charge in [0.25, 0.3) is 0 Å². The van der Waals surface area contributed by atoms with Crippen LogP contribution in [0.4, 0.5) is 0 Å². The molecule has 0 unspecified atom stereocenters. The van der Waals surface area contributed by atoms with Crippen LogP contribution < -0.4 is 20.1 Å². The van der Waals surface area contributed by atoms with Crippen molar-refractivity contribution in [3.8, 4) is 0 Å². The molecule has 0 spiro atoms. The van der Waals surface area contributed by atoms with Gasteiger partial charge < -0.3 is 0 Å². The Morgan fingerprint density at radius 3 is 2.50 bits per heavy atom. The van der Waals surface area contributed by atoms with Crippen LogP contribution in [0.5, 0.6) is 0 Å². The summed E-state index contributed by atoms with van der Waals surface area (Å²) >= 11 is -0.560. The van der Waals surface area contributed by atoms with Crippen LogP contribution in [0, 0.1) is 0 Å². The number of carboxylic acids is 1. The molecule has 0 rings (SSSR count). The first-order valence-corrected chi connectivity index (χ1v) is 5.45. The molecule has 0 aliphatic carbocycles. The van der Waals surface area contributed by atoms with Gasteiger partial charge in [0, 0.05) is 0 Å². The van der Waals surface area contributed by atoms with Crippen LogP contribution in [0.15, 0.2) is 0 Å². The molecule has 0 amide bonds. The molecule has 38 valence electrons. The van der Waals surface area contributed by atoms with Crippen molar-refractivity contribution in [2.24, 2.45) is 0 Å². The summed E-state index contributed by atoms with van der Waals surface area (Å²) in [7, 11) is 5.13. The molecule has 4 heteroatoms. The molecule has 2 nitrogen and oxygen atoms in total. The van der Waals surface area contributed by atoms with Gasteiger partial charge in [-0.25, -0.2) is 0 Å². The average Bonchev–Trinajstić information content (AvgIpc) is 1.35. The van der Waals surface area contributed by atoms with Crippen molar-refractivity contribution in [3.05, 3.63) is 0 Å². The van der Waals surface area contributed by atoms with Crippen molar-refractivity contribution in [2.75, 3.05) is 4.43 Å². The van der Waals surface area contributed by atoms with Crippen LogP contribution in [0.3, 0.4) is 0 Å². The predicted molar refractivity (Wildman–Crippen MR) is 18.4 cm³/mol. The summed E-state index contributed by atoms with van der Waals surface area (Å²) in [4.78, 5) is 9.54. The SMILES string of the molecule is O=C(O)C[I-]Cl. The van der Waals surface area contributed by atoms with Gasteiger partial charge in [-0.05, 0) is 0 Å². The van der Waals surface area contributed by atoms with Crippen molar-refractivity contribution in [2.45, 2.75) is 0 Å². The number of carbonyl (C=O) groups is 1. The third kappa shape index (κ3) is 4.49. The van der Waals surface area contributed by atoms with Crippen LogP contribution in [-0.2, 0) is 4.79 Å². The average molecular weight is 221 g/mol. The van der Waals surface area contributed by atoms with Crippen LogP contribution in [0.1, 0.15) is 0 Å². The molecule has 1 N–H and O–H groups in total. The monoisotopic (exact) mass is 221 g/mol. The fraction of sp³-hybridized carbons (Fsp3) is 0.500. The van der Waals surface area contributed by atoms with Gasteiger partial charge in [-0.2, -0.15) is 0 Å². The van der Waals surface area contributed by atoms with Gasteiger partial charge in [0.1, 0.15) is 0 Å². The third-order valence-corrected chi connectivity index (χ3v) is 1.78. The summed E-state index contributed by atoms with van der Waals surface area (Å²) in [5, 5.41) is 7.86. The maximum absolute atomic E-state index is 9.54. The van der Waals surface area contributed by atoms with E-state index in [1.165, 1.54) is 0 Å². The Kier molecular flexibility index (Phi) is 3.97. The molecule has 0 radical (unpaired) electrons. The number of aliphatic carboxylic acids is 1. The topological polar surface area (TPSA) is 37.3 Å². The molecular weight excluding hydrogens is 218 g/mol. The van der Waals surface area contributed by atoms with Crippen molar-refractivity contribution in [1.29, 1.82) is 0 Å². The van der Waals surface area contributed by atoms with Gasteiger partial charge in [-0.15, -0.1) is 0 Å². The standard InChI is InChI=1S/C2H3ClIO2/c3-4-1-2(5)6/h1H2,(H,5,6)/q-1. The molecule has 6 heavy (non-hydrogen) atoms. The summed E-state index contributed by atoms with van der Waals surface area (Å²) in [6, 6.07) is 0. The number of rotatable bonds is 2. The normalized spacial score (nSPS) is 8.83. The minimum absolute atomic E-state index is 0.167. The van der Waals surface area contributed by atoms with E-state index in [9.17, 15) is 4.79 Å². The Morgan fingerprint density at radius 2 is 2.50 bits per heavy atom. The summed E-state index contributed by atoms with van der Waals surface area (Å²) in [6.45, 7) is 0. The third-order valence-electron chi connectivity index (χ3n) is 0.165. The van der Waals surface area contributed by atoms with E-state index in [-0.39, 0.29) is 4.43 Å². The van der Waals surface area contributed by atoms with Crippen LogP contribution in [0.25, 0.3) is 0 Å². The van der Waals surface area contributed by atoms with E-state index < -0.39 is 26.0 Å². The number of hydrogen-bond donors (Lipinski definition) is 1. The van der Waals surface area contributed by atoms with E-state index in [0.717, 1.165) is 0 Å². The fourth-order valence-electron chi connectivity index (χ4n) is 0.0432. The second-order valence-electron chi connectivity index (χ2n) is 0.628. The van der Waals surface area contributed by atoms with Gasteiger partial charge in [-0.3, -0.25) is 0 Å². The fourth-order valence-corrected chi connectivity index (χ4v) is 0.870. The van der Waals surface area contributed by atoms with Gasteiger partial charge in [0.2, 0.25) is 0 Å². The second-order valence-corrected chi connectivity index (χ2v) is 3.32. The Morgan fingerprint density at radius 1 is 2.00 bits per heavy atom. The van der Waals surface area contributed by atoms with E-state index in [0.29, 0.717) is 0 Å². The Balaban J connectivity index is 2.83. The first-order chi connectivity index (χ1) is 2.77. The first-order valence-electron chi connectivity index (χ1n) is 1.19. The van der Waals surface area contributed by atoms with Crippen molar-refractivity contribution < 1.29 is 30.0 Å². The maximum atomic E-state index is 9.54. The predicted octanol–water partition coefficient (Wildman–Crippen LogP) is -2.69. The molecule has 0 aromatic carbocycles. The first kappa shape index (κ1) is 6.49. The number of carboxylic acid groups (broad SMARTS) is 1. The Labute approximate surface area is 49.5 Å². The van der Waals surface area contributed by atoms with Gasteiger partial charge in [0.05, 0.1) is 0 Å². The van der Waals surface area contributed by atoms with E-state index in [2.05, 4.69) is 0 Å². The zero-order chi connectivity index (χ0) is 4.99. The molecule has 0 bridgehead atoms. The summed E-state index contributed by atoms with van der Waals surface area (Å²) in [6.07, 6.45) is 0. The molecule has 0 saturated carbocycles. The van der Waals surface area contributed by atoms with E-state index in [4.69, 9.17) is 14.0 Å². The van der Waals surface area contributed by atoms with Crippen LogP contribution in [-0.4, -0.2) is 15.5 Å². The Hall–Kier alpha value is 0.490. The van der Waals surface area contributed by atoms with Gasteiger partial charge in [0.15, 0.2) is 0 Å². The van der Waals surface area contributed by atoms with E-state index >= 15 is 0 Å². The quantitative estimate of drug-likeness (QED) is 0.407. The molecule has 0 aromatic rings. The second kappa shape index (κ2) is 3.67. The minimum atomic E-state index is -0.794. The summed E-state index contributed by atoms with van der Waals surface area (Å²) < 4.78 is 0.167. The summed E-state index contributed by atoms with van der Waals surface area (Å²) in [5.74, 6) is -0.794. The number of alkyl halides is 1. The Bertz CT molecular complexity index is 55.5. The van der Waals surface area contributed by atoms with Crippen LogP contribution >= 0.6 is 8.91 Å². The number of hydrogen-bond acceptors (Lipinski definition) is 1. The molecule has 0 aliphatic heterocycles. The molecular formula is C2H3ClIO2-. The molecule has 0 fully saturated rings. The van der Waals surface area contributed by atoms with Gasteiger partial charge >= 0.3 is 49.3 Å².